The third-order valence-corrected chi connectivity index (χ3v) is 5.26. The van der Waals surface area contributed by atoms with Crippen LogP contribution in [0.3, 0.4) is 0 Å². The number of hydrogen-bond acceptors (Lipinski definition) is 2. The maximum atomic E-state index is 12.4. The van der Waals surface area contributed by atoms with Crippen molar-refractivity contribution in [2.24, 2.45) is 0 Å². The highest BCUT2D eigenvalue weighted by molar-refractivity contribution is 7.92. The first-order valence-corrected chi connectivity index (χ1v) is 8.65. The van der Waals surface area contributed by atoms with Gasteiger partial charge < -0.3 is 0 Å². The van der Waals surface area contributed by atoms with E-state index in [-0.39, 0.29) is 9.92 Å². The Hall–Kier alpha value is -1.23. The number of halogens is 2. The molecule has 0 aromatic heterocycles. The van der Waals surface area contributed by atoms with E-state index in [1.807, 2.05) is 13.0 Å². The van der Waals surface area contributed by atoms with Crippen molar-refractivity contribution >= 4 is 38.9 Å². The Morgan fingerprint density at radius 1 is 1.10 bits per heavy atom. The molecular formula is C15H15Cl2NO2S. The zero-order chi connectivity index (χ0) is 15.6. The number of sulfonamides is 1. The van der Waals surface area contributed by atoms with Crippen molar-refractivity contribution in [2.75, 3.05) is 4.72 Å². The van der Waals surface area contributed by atoms with Crippen LogP contribution in [0.1, 0.15) is 18.1 Å². The summed E-state index contributed by atoms with van der Waals surface area (Å²) in [7, 11) is -3.77. The summed E-state index contributed by atoms with van der Waals surface area (Å²) >= 11 is 11.8. The number of nitrogens with one attached hydrogen (secondary N) is 1. The van der Waals surface area contributed by atoms with E-state index in [0.717, 1.165) is 12.0 Å². The fraction of sp³-hybridized carbons (Fsp3) is 0.200. The van der Waals surface area contributed by atoms with Gasteiger partial charge in [0, 0.05) is 10.7 Å². The summed E-state index contributed by atoms with van der Waals surface area (Å²) in [6, 6.07) is 9.79. The molecule has 0 saturated carbocycles. The lowest BCUT2D eigenvalue weighted by molar-refractivity contribution is 0.601. The predicted molar refractivity (Wildman–Crippen MR) is 87.8 cm³/mol. The summed E-state index contributed by atoms with van der Waals surface area (Å²) in [6.45, 7) is 4.00. The van der Waals surface area contributed by atoms with E-state index in [1.165, 1.54) is 17.7 Å². The van der Waals surface area contributed by atoms with Crippen molar-refractivity contribution in [1.29, 1.82) is 0 Å². The molecule has 0 aliphatic carbocycles. The second-order valence-electron chi connectivity index (χ2n) is 4.68. The molecule has 0 radical (unpaired) electrons. The molecule has 1 N–H and O–H groups in total. The van der Waals surface area contributed by atoms with E-state index in [4.69, 9.17) is 23.2 Å². The third kappa shape index (κ3) is 3.70. The van der Waals surface area contributed by atoms with Gasteiger partial charge in [-0.3, -0.25) is 4.72 Å². The van der Waals surface area contributed by atoms with E-state index in [1.54, 1.807) is 18.2 Å². The first kappa shape index (κ1) is 16.1. The van der Waals surface area contributed by atoms with Gasteiger partial charge in [0.2, 0.25) is 0 Å². The standard InChI is InChI=1S/C15H15Cl2NO2S/c1-3-11-4-6-13(8-10(11)2)18-21(19,20)15-9-12(16)5-7-14(15)17/h4-9,18H,3H2,1-2H3. The molecule has 0 heterocycles. The van der Waals surface area contributed by atoms with Gasteiger partial charge in [0.05, 0.1) is 5.02 Å². The molecule has 0 atom stereocenters. The Bertz CT molecular complexity index is 773. The van der Waals surface area contributed by atoms with Crippen molar-refractivity contribution in [3.8, 4) is 0 Å². The Morgan fingerprint density at radius 3 is 2.43 bits per heavy atom. The highest BCUT2D eigenvalue weighted by Gasteiger charge is 2.18. The van der Waals surface area contributed by atoms with Crippen molar-refractivity contribution in [3.05, 3.63) is 57.6 Å². The molecule has 0 bridgehead atoms. The Kier molecular flexibility index (Phi) is 4.81. The minimum atomic E-state index is -3.77. The highest BCUT2D eigenvalue weighted by Crippen LogP contribution is 2.27. The number of rotatable bonds is 4. The molecule has 6 heteroatoms. The minimum Gasteiger partial charge on any atom is -0.280 e. The van der Waals surface area contributed by atoms with E-state index >= 15 is 0 Å². The smallest absolute Gasteiger partial charge is 0.263 e. The van der Waals surface area contributed by atoms with Gasteiger partial charge in [0.1, 0.15) is 4.90 Å². The minimum absolute atomic E-state index is 0.0334. The molecule has 2 aromatic carbocycles. The lowest BCUT2D eigenvalue weighted by Gasteiger charge is -2.11. The van der Waals surface area contributed by atoms with Crippen molar-refractivity contribution in [3.63, 3.8) is 0 Å². The monoisotopic (exact) mass is 343 g/mol. The normalized spacial score (nSPS) is 11.4. The molecule has 0 unspecified atom stereocenters. The molecule has 2 rings (SSSR count). The van der Waals surface area contributed by atoms with Gasteiger partial charge >= 0.3 is 0 Å². The molecule has 0 fully saturated rings. The van der Waals surface area contributed by atoms with Crippen LogP contribution in [0.4, 0.5) is 5.69 Å². The molecule has 0 aliphatic heterocycles. The zero-order valence-corrected chi connectivity index (χ0v) is 14.0. The van der Waals surface area contributed by atoms with Crippen LogP contribution >= 0.6 is 23.2 Å². The van der Waals surface area contributed by atoms with Gasteiger partial charge in [-0.1, -0.05) is 36.2 Å². The second-order valence-corrected chi connectivity index (χ2v) is 7.17. The van der Waals surface area contributed by atoms with E-state index in [9.17, 15) is 8.42 Å². The van der Waals surface area contributed by atoms with Crippen LogP contribution in [0.15, 0.2) is 41.3 Å². The molecule has 0 amide bonds. The molecular weight excluding hydrogens is 329 g/mol. The van der Waals surface area contributed by atoms with Crippen molar-refractivity contribution in [2.45, 2.75) is 25.2 Å². The van der Waals surface area contributed by atoms with Crippen LogP contribution in [0, 0.1) is 6.92 Å². The summed E-state index contributed by atoms with van der Waals surface area (Å²) in [5.74, 6) is 0. The molecule has 112 valence electrons. The van der Waals surface area contributed by atoms with E-state index in [2.05, 4.69) is 11.6 Å². The average Bonchev–Trinajstić information content (AvgIpc) is 2.41. The summed E-state index contributed by atoms with van der Waals surface area (Å²) in [5, 5.41) is 0.450. The van der Waals surface area contributed by atoms with Gasteiger partial charge in [0.15, 0.2) is 0 Å². The maximum Gasteiger partial charge on any atom is 0.263 e. The first-order chi connectivity index (χ1) is 9.83. The van der Waals surface area contributed by atoms with Gasteiger partial charge in [-0.05, 0) is 54.8 Å². The van der Waals surface area contributed by atoms with Crippen LogP contribution in [0.2, 0.25) is 10.0 Å². The van der Waals surface area contributed by atoms with Crippen LogP contribution in [0.5, 0.6) is 0 Å². The van der Waals surface area contributed by atoms with Gasteiger partial charge in [0.25, 0.3) is 10.0 Å². The number of anilines is 1. The topological polar surface area (TPSA) is 46.2 Å². The fourth-order valence-electron chi connectivity index (χ4n) is 2.05. The van der Waals surface area contributed by atoms with Crippen molar-refractivity contribution < 1.29 is 8.42 Å². The number of hydrogen-bond donors (Lipinski definition) is 1. The maximum absolute atomic E-state index is 12.4. The van der Waals surface area contributed by atoms with E-state index < -0.39 is 10.0 Å². The summed E-state index contributed by atoms with van der Waals surface area (Å²) in [6.07, 6.45) is 0.902. The van der Waals surface area contributed by atoms with Crippen LogP contribution in [-0.2, 0) is 16.4 Å². The van der Waals surface area contributed by atoms with Crippen molar-refractivity contribution in [1.82, 2.24) is 0 Å². The van der Waals surface area contributed by atoms with Crippen LogP contribution < -0.4 is 4.72 Å². The predicted octanol–water partition coefficient (Wildman–Crippen LogP) is 4.67. The molecule has 0 spiro atoms. The third-order valence-electron chi connectivity index (χ3n) is 3.16. The molecule has 3 nitrogen and oxygen atoms in total. The molecule has 21 heavy (non-hydrogen) atoms. The summed E-state index contributed by atoms with van der Waals surface area (Å²) < 4.78 is 27.3. The summed E-state index contributed by atoms with van der Waals surface area (Å²) in [5.41, 5.74) is 2.72. The Balaban J connectivity index is 2.37. The number of aryl methyl sites for hydroxylation is 2. The SMILES string of the molecule is CCc1ccc(NS(=O)(=O)c2cc(Cl)ccc2Cl)cc1C. The van der Waals surface area contributed by atoms with Gasteiger partial charge in [-0.25, -0.2) is 8.42 Å². The highest BCUT2D eigenvalue weighted by atomic mass is 35.5. The van der Waals surface area contributed by atoms with Gasteiger partial charge in [-0.2, -0.15) is 0 Å². The van der Waals surface area contributed by atoms with Crippen LogP contribution in [0.25, 0.3) is 0 Å². The molecule has 0 saturated heterocycles. The lowest BCUT2D eigenvalue weighted by atomic mass is 10.1. The fourth-order valence-corrected chi connectivity index (χ4v) is 3.86. The van der Waals surface area contributed by atoms with Gasteiger partial charge in [-0.15, -0.1) is 0 Å². The van der Waals surface area contributed by atoms with E-state index in [0.29, 0.717) is 10.7 Å². The zero-order valence-electron chi connectivity index (χ0n) is 11.7. The number of benzene rings is 2. The second kappa shape index (κ2) is 6.26. The largest absolute Gasteiger partial charge is 0.280 e. The lowest BCUT2D eigenvalue weighted by Crippen LogP contribution is -2.13. The average molecular weight is 344 g/mol. The quantitative estimate of drug-likeness (QED) is 0.876. The Morgan fingerprint density at radius 2 is 1.81 bits per heavy atom. The molecule has 2 aromatic rings. The Labute approximate surface area is 135 Å². The van der Waals surface area contributed by atoms with Crippen LogP contribution in [-0.4, -0.2) is 8.42 Å². The molecule has 0 aliphatic rings. The summed E-state index contributed by atoms with van der Waals surface area (Å²) in [4.78, 5) is -0.0334. The first-order valence-electron chi connectivity index (χ1n) is 6.41.